The molecule has 0 fully saturated rings. The van der Waals surface area contributed by atoms with E-state index in [1.54, 1.807) is 12.1 Å². The minimum absolute atomic E-state index is 0.155. The van der Waals surface area contributed by atoms with Gasteiger partial charge in [-0.1, -0.05) is 12.1 Å². The number of carboxylic acid groups (broad SMARTS) is 2. The van der Waals surface area contributed by atoms with Gasteiger partial charge in [0, 0.05) is 0 Å². The van der Waals surface area contributed by atoms with Gasteiger partial charge in [0.05, 0.1) is 11.1 Å². The number of carboxylic acids is 2. The molecule has 0 aliphatic rings. The topological polar surface area (TPSA) is 74.6 Å². The molecule has 2 rings (SSSR count). The lowest BCUT2D eigenvalue weighted by atomic mass is 10.1. The third kappa shape index (κ3) is 3.18. The van der Waals surface area contributed by atoms with Crippen LogP contribution in [-0.2, 0) is 0 Å². The first kappa shape index (κ1) is 16.2. The van der Waals surface area contributed by atoms with Crippen molar-refractivity contribution in [1.29, 1.82) is 0 Å². The molecule has 0 aliphatic heterocycles. The molecule has 0 aliphatic carbocycles. The second kappa shape index (κ2) is 6.72. The Labute approximate surface area is 136 Å². The Bertz CT molecular complexity index is 885. The van der Waals surface area contributed by atoms with Crippen LogP contribution in [0.15, 0.2) is 36.4 Å². The van der Waals surface area contributed by atoms with Crippen LogP contribution in [0.4, 0.5) is 0 Å². The Morgan fingerprint density at radius 2 is 1.14 bits per heavy atom. The lowest BCUT2D eigenvalue weighted by Gasteiger charge is -1.99. The fraction of sp³-hybridized carbons (Fsp3) is 0. The molecule has 0 saturated carbocycles. The zero-order valence-electron chi connectivity index (χ0n) is 11.2. The minimum atomic E-state index is -1.02. The van der Waals surface area contributed by atoms with E-state index in [1.807, 2.05) is 0 Å². The summed E-state index contributed by atoms with van der Waals surface area (Å²) in [4.78, 5) is 22.1. The fourth-order valence-corrected chi connectivity index (χ4v) is 2.52. The average molecular weight is 332 g/mol. The van der Waals surface area contributed by atoms with Crippen molar-refractivity contribution in [3.05, 3.63) is 68.4 Å². The first-order valence-electron chi connectivity index (χ1n) is 6.18. The summed E-state index contributed by atoms with van der Waals surface area (Å²) in [5.74, 6) is -2.05. The Hall–Kier alpha value is -2.18. The Morgan fingerprint density at radius 1 is 0.773 bits per heavy atom. The molecular formula is C16H12O4S2. The normalized spacial score (nSPS) is 14.1. The lowest BCUT2D eigenvalue weighted by Crippen LogP contribution is -2.13. The van der Waals surface area contributed by atoms with Crippen molar-refractivity contribution in [2.24, 2.45) is 0 Å². The van der Waals surface area contributed by atoms with Crippen LogP contribution in [0.3, 0.4) is 0 Å². The van der Waals surface area contributed by atoms with Crippen molar-refractivity contribution in [3.63, 3.8) is 0 Å². The third-order valence-corrected chi connectivity index (χ3v) is 3.72. The fourth-order valence-electron chi connectivity index (χ4n) is 2.10. The first-order valence-corrected chi connectivity index (χ1v) is 7.21. The monoisotopic (exact) mass is 332 g/mol. The van der Waals surface area contributed by atoms with Crippen LogP contribution < -0.4 is 10.4 Å². The molecule has 0 unspecified atom stereocenters. The predicted molar refractivity (Wildman–Crippen MR) is 90.6 cm³/mol. The van der Waals surface area contributed by atoms with Gasteiger partial charge < -0.3 is 10.2 Å². The first-order chi connectivity index (χ1) is 10.5. The summed E-state index contributed by atoms with van der Waals surface area (Å²) in [6.07, 6.45) is 0. The summed E-state index contributed by atoms with van der Waals surface area (Å²) in [6, 6.07) is 9.35. The van der Waals surface area contributed by atoms with Crippen molar-refractivity contribution in [3.8, 4) is 0 Å². The van der Waals surface area contributed by atoms with Crippen LogP contribution in [0.1, 0.15) is 20.7 Å². The number of carbonyl (C=O) groups is 2. The molecule has 22 heavy (non-hydrogen) atoms. The summed E-state index contributed by atoms with van der Waals surface area (Å²) < 4.78 is 0. The van der Waals surface area contributed by atoms with Gasteiger partial charge in [-0.2, -0.15) is 25.3 Å². The van der Waals surface area contributed by atoms with Crippen LogP contribution in [0.25, 0.3) is 10.8 Å². The molecule has 6 heteroatoms. The molecule has 0 amide bonds. The second-order valence-corrected chi connectivity index (χ2v) is 4.99. The van der Waals surface area contributed by atoms with E-state index in [0.29, 0.717) is 10.4 Å². The average Bonchev–Trinajstić information content (AvgIpc) is 2.53. The highest BCUT2D eigenvalue weighted by atomic mass is 32.1. The molecule has 0 saturated heterocycles. The molecule has 0 spiro atoms. The quantitative estimate of drug-likeness (QED) is 0.632. The minimum Gasteiger partial charge on any atom is -0.478 e. The van der Waals surface area contributed by atoms with E-state index in [1.165, 1.54) is 35.1 Å². The molecular weight excluding hydrogens is 320 g/mol. The largest absolute Gasteiger partial charge is 0.478 e. The van der Waals surface area contributed by atoms with Gasteiger partial charge in [-0.15, -0.1) is 0 Å². The molecule has 0 heterocycles. The van der Waals surface area contributed by atoms with E-state index in [0.717, 1.165) is 10.4 Å². The summed E-state index contributed by atoms with van der Waals surface area (Å²) in [5, 5.41) is 23.9. The molecule has 2 N–H and O–H groups in total. The van der Waals surface area contributed by atoms with E-state index < -0.39 is 11.9 Å². The van der Waals surface area contributed by atoms with E-state index in [-0.39, 0.29) is 11.1 Å². The van der Waals surface area contributed by atoms with Gasteiger partial charge in [0.1, 0.15) is 0 Å². The van der Waals surface area contributed by atoms with Crippen LogP contribution in [0.2, 0.25) is 0 Å². The maximum atomic E-state index is 11.0. The van der Waals surface area contributed by atoms with Crippen molar-refractivity contribution in [2.45, 2.75) is 0 Å². The van der Waals surface area contributed by atoms with Gasteiger partial charge in [0.2, 0.25) is 0 Å². The Balaban J connectivity index is 2.99. The second-order valence-electron chi connectivity index (χ2n) is 4.47. The van der Waals surface area contributed by atoms with Gasteiger partial charge in [-0.3, -0.25) is 0 Å². The van der Waals surface area contributed by atoms with Crippen molar-refractivity contribution < 1.29 is 19.8 Å². The smallest absolute Gasteiger partial charge is 0.335 e. The summed E-state index contributed by atoms with van der Waals surface area (Å²) in [5.41, 5.74) is 0.310. The SMILES string of the molecule is O=C(O)c1ccc(=c2ccc(C(=O)O)cc2=CS)c(=CS)c1. The molecule has 0 aromatic heterocycles. The number of thiol groups is 2. The zero-order chi connectivity index (χ0) is 16.3. The van der Waals surface area contributed by atoms with E-state index in [9.17, 15) is 9.59 Å². The van der Waals surface area contributed by atoms with Crippen LogP contribution in [-0.4, -0.2) is 22.2 Å². The van der Waals surface area contributed by atoms with Crippen LogP contribution in [0.5, 0.6) is 0 Å². The zero-order valence-corrected chi connectivity index (χ0v) is 13.0. The van der Waals surface area contributed by atoms with Gasteiger partial charge in [0.15, 0.2) is 0 Å². The van der Waals surface area contributed by atoms with E-state index in [2.05, 4.69) is 25.3 Å². The van der Waals surface area contributed by atoms with Gasteiger partial charge >= 0.3 is 11.9 Å². The van der Waals surface area contributed by atoms with Crippen LogP contribution in [0, 0.1) is 10.4 Å². The lowest BCUT2D eigenvalue weighted by molar-refractivity contribution is 0.0686. The summed E-state index contributed by atoms with van der Waals surface area (Å²) in [7, 11) is 0. The molecule has 2 aromatic rings. The van der Waals surface area contributed by atoms with Crippen LogP contribution >= 0.6 is 25.3 Å². The number of hydrogen-bond acceptors (Lipinski definition) is 4. The van der Waals surface area contributed by atoms with E-state index in [4.69, 9.17) is 10.2 Å². The third-order valence-electron chi connectivity index (χ3n) is 3.17. The van der Waals surface area contributed by atoms with Crippen molar-refractivity contribution in [2.75, 3.05) is 0 Å². The molecule has 0 atom stereocenters. The summed E-state index contributed by atoms with van der Waals surface area (Å²) in [6.45, 7) is 0. The molecule has 0 radical (unpaired) electrons. The maximum Gasteiger partial charge on any atom is 0.335 e. The van der Waals surface area contributed by atoms with E-state index >= 15 is 0 Å². The number of aromatic carboxylic acids is 2. The summed E-state index contributed by atoms with van der Waals surface area (Å²) >= 11 is 8.24. The standard InChI is InChI=1S/C16H12O4S2/c17-15(18)9-1-3-13(11(5-9)7-21)14-4-2-10(16(19)20)6-12(14)8-22/h1-8,21-22H,(H,17,18)(H,19,20). The number of hydrogen-bond donors (Lipinski definition) is 4. The highest BCUT2D eigenvalue weighted by Crippen LogP contribution is 2.00. The maximum absolute atomic E-state index is 11.0. The number of rotatable bonds is 2. The predicted octanol–water partition coefficient (Wildman–Crippen LogP) is 1.71. The Kier molecular flexibility index (Phi) is 4.95. The van der Waals surface area contributed by atoms with Crippen molar-refractivity contribution >= 4 is 48.0 Å². The van der Waals surface area contributed by atoms with Crippen molar-refractivity contribution in [1.82, 2.24) is 0 Å². The Morgan fingerprint density at radius 3 is 1.41 bits per heavy atom. The molecule has 112 valence electrons. The number of benzene rings is 2. The molecule has 4 nitrogen and oxygen atoms in total. The van der Waals surface area contributed by atoms with Gasteiger partial charge in [-0.05, 0) is 56.0 Å². The molecule has 2 aromatic carbocycles. The highest BCUT2D eigenvalue weighted by Gasteiger charge is 2.04. The highest BCUT2D eigenvalue weighted by molar-refractivity contribution is 7.88. The van der Waals surface area contributed by atoms with Gasteiger partial charge in [-0.25, -0.2) is 9.59 Å². The van der Waals surface area contributed by atoms with Gasteiger partial charge in [0.25, 0.3) is 0 Å². The molecule has 0 bridgehead atoms.